The van der Waals surface area contributed by atoms with Crippen molar-refractivity contribution in [1.82, 2.24) is 20.0 Å². The molecule has 1 amide bonds. The molecule has 0 aliphatic heterocycles. The Morgan fingerprint density at radius 1 is 1.19 bits per heavy atom. The molecule has 0 saturated carbocycles. The van der Waals surface area contributed by atoms with Gasteiger partial charge in [-0.15, -0.1) is 10.2 Å². The molecule has 1 aromatic carbocycles. The number of carbonyl (C=O) groups excluding carboxylic acids is 1. The third kappa shape index (κ3) is 4.17. The molecule has 2 aromatic heterocycles. The van der Waals surface area contributed by atoms with E-state index in [-0.39, 0.29) is 12.3 Å². The number of benzene rings is 1. The van der Waals surface area contributed by atoms with Crippen LogP contribution in [0.25, 0.3) is 11.6 Å². The molecule has 0 spiro atoms. The van der Waals surface area contributed by atoms with Gasteiger partial charge in [0.05, 0.1) is 5.69 Å². The first-order chi connectivity index (χ1) is 12.6. The highest BCUT2D eigenvalue weighted by Crippen LogP contribution is 2.20. The second-order valence-corrected chi connectivity index (χ2v) is 6.09. The number of amides is 1. The summed E-state index contributed by atoms with van der Waals surface area (Å²) in [7, 11) is 0. The van der Waals surface area contributed by atoms with Crippen LogP contribution in [-0.2, 0) is 24.2 Å². The second kappa shape index (κ2) is 7.95. The number of rotatable bonds is 7. The van der Waals surface area contributed by atoms with E-state index < -0.39 is 0 Å². The van der Waals surface area contributed by atoms with Gasteiger partial charge in [0.2, 0.25) is 11.8 Å². The lowest BCUT2D eigenvalue weighted by Gasteiger charge is -2.05. The molecule has 3 aromatic rings. The maximum atomic E-state index is 12.1. The lowest BCUT2D eigenvalue weighted by Crippen LogP contribution is -2.12. The first-order valence-corrected chi connectivity index (χ1v) is 8.85. The van der Waals surface area contributed by atoms with E-state index in [9.17, 15) is 4.79 Å². The molecule has 0 aliphatic rings. The molecule has 0 bridgehead atoms. The normalized spacial score (nSPS) is 10.9. The van der Waals surface area contributed by atoms with Crippen molar-refractivity contribution in [2.75, 3.05) is 5.32 Å². The highest BCUT2D eigenvalue weighted by Gasteiger charge is 2.15. The van der Waals surface area contributed by atoms with Gasteiger partial charge in [-0.2, -0.15) is 5.10 Å². The number of nitrogens with zero attached hydrogens (tertiary/aromatic N) is 4. The summed E-state index contributed by atoms with van der Waals surface area (Å²) >= 11 is 0. The van der Waals surface area contributed by atoms with Crippen molar-refractivity contribution in [3.8, 4) is 11.6 Å². The quantitative estimate of drug-likeness (QED) is 0.703. The summed E-state index contributed by atoms with van der Waals surface area (Å²) in [4.78, 5) is 12.1. The van der Waals surface area contributed by atoms with E-state index in [1.165, 1.54) is 5.56 Å². The number of hydrogen-bond acceptors (Lipinski definition) is 5. The van der Waals surface area contributed by atoms with Crippen molar-refractivity contribution in [2.45, 2.75) is 46.6 Å². The molecule has 136 valence electrons. The SMILES string of the molecule is CCc1ccc(NC(=O)CCc2nnc(-c3cc(C)nn3CC)o2)cc1. The van der Waals surface area contributed by atoms with Crippen LogP contribution < -0.4 is 5.32 Å². The molecule has 0 unspecified atom stereocenters. The largest absolute Gasteiger partial charge is 0.419 e. The zero-order valence-corrected chi connectivity index (χ0v) is 15.3. The molecule has 26 heavy (non-hydrogen) atoms. The Labute approximate surface area is 152 Å². The van der Waals surface area contributed by atoms with Crippen molar-refractivity contribution < 1.29 is 9.21 Å². The zero-order chi connectivity index (χ0) is 18.5. The number of hydrogen-bond donors (Lipinski definition) is 1. The highest BCUT2D eigenvalue weighted by atomic mass is 16.4. The lowest BCUT2D eigenvalue weighted by molar-refractivity contribution is -0.116. The molecule has 2 heterocycles. The van der Waals surface area contributed by atoms with Crippen molar-refractivity contribution >= 4 is 11.6 Å². The Bertz CT molecular complexity index is 880. The Kier molecular flexibility index (Phi) is 5.46. The predicted molar refractivity (Wildman–Crippen MR) is 98.7 cm³/mol. The Morgan fingerprint density at radius 2 is 1.96 bits per heavy atom. The smallest absolute Gasteiger partial charge is 0.265 e. The van der Waals surface area contributed by atoms with Crippen molar-refractivity contribution in [3.63, 3.8) is 0 Å². The van der Waals surface area contributed by atoms with Gasteiger partial charge in [0.1, 0.15) is 5.69 Å². The Morgan fingerprint density at radius 3 is 2.65 bits per heavy atom. The first-order valence-electron chi connectivity index (χ1n) is 8.85. The molecule has 7 nitrogen and oxygen atoms in total. The van der Waals surface area contributed by atoms with Crippen LogP contribution in [0.2, 0.25) is 0 Å². The van der Waals surface area contributed by atoms with Gasteiger partial charge in [-0.05, 0) is 44.0 Å². The fourth-order valence-corrected chi connectivity index (χ4v) is 2.68. The van der Waals surface area contributed by atoms with Crippen molar-refractivity contribution in [3.05, 3.63) is 47.5 Å². The first kappa shape index (κ1) is 17.8. The summed E-state index contributed by atoms with van der Waals surface area (Å²) in [6.45, 7) is 6.75. The minimum absolute atomic E-state index is 0.0801. The zero-order valence-electron chi connectivity index (χ0n) is 15.3. The molecule has 0 fully saturated rings. The Hall–Kier alpha value is -2.96. The molecule has 0 radical (unpaired) electrons. The van der Waals surface area contributed by atoms with Crippen LogP contribution in [-0.4, -0.2) is 25.9 Å². The van der Waals surface area contributed by atoms with E-state index in [1.807, 2.05) is 48.9 Å². The maximum Gasteiger partial charge on any atom is 0.265 e. The number of nitrogens with one attached hydrogen (secondary N) is 1. The van der Waals surface area contributed by atoms with Crippen LogP contribution >= 0.6 is 0 Å². The highest BCUT2D eigenvalue weighted by molar-refractivity contribution is 5.90. The van der Waals surface area contributed by atoms with Gasteiger partial charge in [-0.1, -0.05) is 19.1 Å². The standard InChI is InChI=1S/C19H23N5O2/c1-4-14-6-8-15(9-7-14)20-17(25)10-11-18-21-22-19(26-18)16-12-13(3)23-24(16)5-2/h6-9,12H,4-5,10-11H2,1-3H3,(H,20,25). The summed E-state index contributed by atoms with van der Waals surface area (Å²) in [5, 5.41) is 15.4. The third-order valence-electron chi connectivity index (χ3n) is 4.10. The number of aryl methyl sites for hydroxylation is 4. The van der Waals surface area contributed by atoms with Crippen LogP contribution in [0.3, 0.4) is 0 Å². The van der Waals surface area contributed by atoms with Gasteiger partial charge in [0, 0.05) is 25.1 Å². The molecular formula is C19H23N5O2. The minimum Gasteiger partial charge on any atom is -0.419 e. The van der Waals surface area contributed by atoms with Crippen LogP contribution in [0.4, 0.5) is 5.69 Å². The fraction of sp³-hybridized carbons (Fsp3) is 0.368. The van der Waals surface area contributed by atoms with Crippen LogP contribution in [0, 0.1) is 6.92 Å². The third-order valence-corrected chi connectivity index (χ3v) is 4.10. The monoisotopic (exact) mass is 353 g/mol. The van der Waals surface area contributed by atoms with Gasteiger partial charge in [0.15, 0.2) is 0 Å². The molecule has 1 N–H and O–H groups in total. The summed E-state index contributed by atoms with van der Waals surface area (Å²) in [6, 6.07) is 9.76. The van der Waals surface area contributed by atoms with Gasteiger partial charge in [0.25, 0.3) is 5.89 Å². The summed E-state index contributed by atoms with van der Waals surface area (Å²) in [5.74, 6) is 0.791. The van der Waals surface area contributed by atoms with Crippen LogP contribution in [0.15, 0.2) is 34.7 Å². The summed E-state index contributed by atoms with van der Waals surface area (Å²) < 4.78 is 7.51. The number of aromatic nitrogens is 4. The Balaban J connectivity index is 1.58. The van der Waals surface area contributed by atoms with Gasteiger partial charge in [-0.3, -0.25) is 9.48 Å². The maximum absolute atomic E-state index is 12.1. The van der Waals surface area contributed by atoms with Crippen LogP contribution in [0.1, 0.15) is 37.4 Å². The molecule has 7 heteroatoms. The van der Waals surface area contributed by atoms with E-state index in [0.29, 0.717) is 18.2 Å². The van der Waals surface area contributed by atoms with Gasteiger partial charge < -0.3 is 9.73 Å². The number of carbonyl (C=O) groups is 1. The van der Waals surface area contributed by atoms with Gasteiger partial charge >= 0.3 is 0 Å². The summed E-state index contributed by atoms with van der Waals surface area (Å²) in [6.07, 6.45) is 1.65. The lowest BCUT2D eigenvalue weighted by atomic mass is 10.1. The number of anilines is 1. The minimum atomic E-state index is -0.0801. The van der Waals surface area contributed by atoms with Crippen molar-refractivity contribution in [2.24, 2.45) is 0 Å². The van der Waals surface area contributed by atoms with E-state index >= 15 is 0 Å². The predicted octanol–water partition coefficient (Wildman–Crippen LogP) is 3.40. The van der Waals surface area contributed by atoms with E-state index in [0.717, 1.165) is 30.0 Å². The van der Waals surface area contributed by atoms with Crippen molar-refractivity contribution in [1.29, 1.82) is 0 Å². The molecule has 0 atom stereocenters. The molecular weight excluding hydrogens is 330 g/mol. The molecule has 0 aliphatic carbocycles. The molecule has 3 rings (SSSR count). The van der Waals surface area contributed by atoms with E-state index in [1.54, 1.807) is 0 Å². The topological polar surface area (TPSA) is 85.8 Å². The van der Waals surface area contributed by atoms with Crippen LogP contribution in [0.5, 0.6) is 0 Å². The average molecular weight is 353 g/mol. The van der Waals surface area contributed by atoms with E-state index in [4.69, 9.17) is 4.42 Å². The fourth-order valence-electron chi connectivity index (χ4n) is 2.68. The second-order valence-electron chi connectivity index (χ2n) is 6.09. The summed E-state index contributed by atoms with van der Waals surface area (Å²) in [5.41, 5.74) is 3.72. The average Bonchev–Trinajstić information content (AvgIpc) is 3.26. The van der Waals surface area contributed by atoms with E-state index in [2.05, 4.69) is 27.5 Å². The van der Waals surface area contributed by atoms with Gasteiger partial charge in [-0.25, -0.2) is 0 Å². The molecule has 0 saturated heterocycles.